The molecule has 0 aliphatic carbocycles. The first-order valence-corrected chi connectivity index (χ1v) is 6.91. The van der Waals surface area contributed by atoms with Crippen molar-refractivity contribution >= 4 is 11.9 Å². The van der Waals surface area contributed by atoms with Crippen molar-refractivity contribution in [1.29, 1.82) is 0 Å². The van der Waals surface area contributed by atoms with E-state index in [0.717, 1.165) is 6.42 Å². The molecule has 1 aromatic rings. The van der Waals surface area contributed by atoms with Crippen LogP contribution in [0.3, 0.4) is 0 Å². The quantitative estimate of drug-likeness (QED) is 0.596. The monoisotopic (exact) mass is 294 g/mol. The topological polar surface area (TPSA) is 113 Å². The highest BCUT2D eigenvalue weighted by atomic mass is 16.4. The third kappa shape index (κ3) is 5.07. The van der Waals surface area contributed by atoms with Crippen molar-refractivity contribution in [2.75, 3.05) is 0 Å². The summed E-state index contributed by atoms with van der Waals surface area (Å²) in [5, 5.41) is 20.9. The number of carboxylic acids is 1. The van der Waals surface area contributed by atoms with E-state index in [-0.39, 0.29) is 18.1 Å². The summed E-state index contributed by atoms with van der Waals surface area (Å²) in [4.78, 5) is 23.2. The fraction of sp³-hybridized carbons (Fsp3) is 0.467. The third-order valence-electron chi connectivity index (χ3n) is 3.55. The molecule has 3 atom stereocenters. The van der Waals surface area contributed by atoms with Gasteiger partial charge in [0.2, 0.25) is 5.91 Å². The molecule has 21 heavy (non-hydrogen) atoms. The number of aliphatic carboxylic acids is 1. The minimum absolute atomic E-state index is 0.0203. The molecule has 116 valence electrons. The smallest absolute Gasteiger partial charge is 0.326 e. The largest absolute Gasteiger partial charge is 0.508 e. The van der Waals surface area contributed by atoms with E-state index >= 15 is 0 Å². The van der Waals surface area contributed by atoms with Crippen molar-refractivity contribution in [2.45, 2.75) is 38.8 Å². The third-order valence-corrected chi connectivity index (χ3v) is 3.55. The van der Waals surface area contributed by atoms with Crippen LogP contribution in [-0.2, 0) is 16.0 Å². The van der Waals surface area contributed by atoms with E-state index in [2.05, 4.69) is 5.32 Å². The normalized spacial score (nSPS) is 15.0. The Balaban J connectivity index is 2.72. The Bertz CT molecular complexity index is 487. The Morgan fingerprint density at radius 3 is 2.33 bits per heavy atom. The fourth-order valence-corrected chi connectivity index (χ4v) is 1.85. The number of benzene rings is 1. The SMILES string of the molecule is CCC(C)[C@H](N)C(=O)NC(Cc1ccc(O)cc1)C(=O)O. The van der Waals surface area contributed by atoms with Crippen molar-refractivity contribution in [3.8, 4) is 5.75 Å². The van der Waals surface area contributed by atoms with Crippen LogP contribution in [0.4, 0.5) is 0 Å². The number of amides is 1. The summed E-state index contributed by atoms with van der Waals surface area (Å²) in [5.41, 5.74) is 6.50. The van der Waals surface area contributed by atoms with Crippen molar-refractivity contribution in [3.05, 3.63) is 29.8 Å². The number of carboxylic acid groups (broad SMARTS) is 1. The molecule has 0 aliphatic rings. The Hall–Kier alpha value is -2.08. The van der Waals surface area contributed by atoms with Crippen molar-refractivity contribution in [2.24, 2.45) is 11.7 Å². The van der Waals surface area contributed by atoms with Gasteiger partial charge in [0, 0.05) is 6.42 Å². The minimum Gasteiger partial charge on any atom is -0.508 e. The number of hydrogen-bond donors (Lipinski definition) is 4. The molecule has 0 aliphatic heterocycles. The molecular weight excluding hydrogens is 272 g/mol. The van der Waals surface area contributed by atoms with E-state index in [1.807, 2.05) is 13.8 Å². The first-order valence-electron chi connectivity index (χ1n) is 6.91. The van der Waals surface area contributed by atoms with Crippen LogP contribution >= 0.6 is 0 Å². The standard InChI is InChI=1S/C15H22N2O4/c1-3-9(2)13(16)14(19)17-12(15(20)21)8-10-4-6-11(18)7-5-10/h4-7,9,12-13,18H,3,8,16H2,1-2H3,(H,17,19)(H,20,21)/t9?,12?,13-/m0/s1. The van der Waals surface area contributed by atoms with Crippen LogP contribution in [0.15, 0.2) is 24.3 Å². The predicted molar refractivity (Wildman–Crippen MR) is 78.8 cm³/mol. The number of nitrogens with one attached hydrogen (secondary N) is 1. The van der Waals surface area contributed by atoms with Gasteiger partial charge in [-0.2, -0.15) is 0 Å². The van der Waals surface area contributed by atoms with E-state index < -0.39 is 24.0 Å². The van der Waals surface area contributed by atoms with E-state index in [1.54, 1.807) is 12.1 Å². The average molecular weight is 294 g/mol. The molecule has 1 rings (SSSR count). The van der Waals surface area contributed by atoms with Gasteiger partial charge in [-0.05, 0) is 23.6 Å². The lowest BCUT2D eigenvalue weighted by Crippen LogP contribution is -2.51. The molecule has 0 radical (unpaired) electrons. The van der Waals surface area contributed by atoms with Gasteiger partial charge in [0.15, 0.2) is 0 Å². The summed E-state index contributed by atoms with van der Waals surface area (Å²) >= 11 is 0. The number of carbonyl (C=O) groups excluding carboxylic acids is 1. The molecular formula is C15H22N2O4. The molecule has 1 amide bonds. The van der Waals surface area contributed by atoms with Gasteiger partial charge in [-0.15, -0.1) is 0 Å². The van der Waals surface area contributed by atoms with Gasteiger partial charge in [-0.25, -0.2) is 4.79 Å². The number of aromatic hydroxyl groups is 1. The lowest BCUT2D eigenvalue weighted by molar-refractivity contribution is -0.142. The van der Waals surface area contributed by atoms with E-state index in [4.69, 9.17) is 5.73 Å². The zero-order valence-electron chi connectivity index (χ0n) is 12.2. The number of hydrogen-bond acceptors (Lipinski definition) is 4. The van der Waals surface area contributed by atoms with Gasteiger partial charge in [-0.1, -0.05) is 32.4 Å². The lowest BCUT2D eigenvalue weighted by atomic mass is 9.98. The van der Waals surface area contributed by atoms with Gasteiger partial charge in [0.1, 0.15) is 11.8 Å². The van der Waals surface area contributed by atoms with Crippen LogP contribution in [0.2, 0.25) is 0 Å². The zero-order valence-corrected chi connectivity index (χ0v) is 12.2. The summed E-state index contributed by atoms with van der Waals surface area (Å²) in [7, 11) is 0. The van der Waals surface area contributed by atoms with E-state index in [0.29, 0.717) is 5.56 Å². The number of nitrogens with two attached hydrogens (primary N) is 1. The molecule has 6 nitrogen and oxygen atoms in total. The number of rotatable bonds is 7. The fourth-order valence-electron chi connectivity index (χ4n) is 1.85. The maximum Gasteiger partial charge on any atom is 0.326 e. The van der Waals surface area contributed by atoms with Crippen molar-refractivity contribution in [1.82, 2.24) is 5.32 Å². The molecule has 5 N–H and O–H groups in total. The molecule has 1 aromatic carbocycles. The Morgan fingerprint density at radius 1 is 1.29 bits per heavy atom. The highest BCUT2D eigenvalue weighted by molar-refractivity contribution is 5.87. The van der Waals surface area contributed by atoms with Gasteiger partial charge >= 0.3 is 5.97 Å². The maximum atomic E-state index is 12.0. The number of carbonyl (C=O) groups is 2. The summed E-state index contributed by atoms with van der Waals surface area (Å²) in [5.74, 6) is -1.50. The van der Waals surface area contributed by atoms with Gasteiger partial charge < -0.3 is 21.3 Å². The molecule has 0 heterocycles. The van der Waals surface area contributed by atoms with Crippen LogP contribution < -0.4 is 11.1 Å². The minimum atomic E-state index is -1.12. The first kappa shape index (κ1) is 17.0. The molecule has 6 heteroatoms. The van der Waals surface area contributed by atoms with Crippen LogP contribution in [0.5, 0.6) is 5.75 Å². The second kappa shape index (κ2) is 7.64. The summed E-state index contributed by atoms with van der Waals surface area (Å²) < 4.78 is 0. The van der Waals surface area contributed by atoms with E-state index in [1.165, 1.54) is 12.1 Å². The van der Waals surface area contributed by atoms with Crippen molar-refractivity contribution in [3.63, 3.8) is 0 Å². The zero-order chi connectivity index (χ0) is 16.0. The number of phenolic OH excluding ortho intramolecular Hbond substituents is 1. The van der Waals surface area contributed by atoms with Gasteiger partial charge in [-0.3, -0.25) is 4.79 Å². The Kier molecular flexibility index (Phi) is 6.17. The molecule has 0 bridgehead atoms. The van der Waals surface area contributed by atoms with Gasteiger partial charge in [0.05, 0.1) is 6.04 Å². The molecule has 0 aromatic heterocycles. The van der Waals surface area contributed by atoms with Gasteiger partial charge in [0.25, 0.3) is 0 Å². The summed E-state index contributed by atoms with van der Waals surface area (Å²) in [6.45, 7) is 3.77. The number of phenols is 1. The van der Waals surface area contributed by atoms with Crippen molar-refractivity contribution < 1.29 is 19.8 Å². The average Bonchev–Trinajstić information content (AvgIpc) is 2.46. The van der Waals surface area contributed by atoms with Crippen LogP contribution in [0.1, 0.15) is 25.8 Å². The molecule has 0 saturated heterocycles. The lowest BCUT2D eigenvalue weighted by Gasteiger charge is -2.21. The Labute approximate surface area is 124 Å². The maximum absolute atomic E-state index is 12.0. The molecule has 2 unspecified atom stereocenters. The summed E-state index contributed by atoms with van der Waals surface area (Å²) in [6.07, 6.45) is 0.874. The van der Waals surface area contributed by atoms with Crippen LogP contribution in [0, 0.1) is 5.92 Å². The van der Waals surface area contributed by atoms with Crippen LogP contribution in [-0.4, -0.2) is 34.2 Å². The highest BCUT2D eigenvalue weighted by Gasteiger charge is 2.25. The molecule has 0 fully saturated rings. The first-order chi connectivity index (χ1) is 9.85. The summed E-state index contributed by atoms with van der Waals surface area (Å²) in [6, 6.07) is 4.41. The second-order valence-corrected chi connectivity index (χ2v) is 5.18. The highest BCUT2D eigenvalue weighted by Crippen LogP contribution is 2.12. The second-order valence-electron chi connectivity index (χ2n) is 5.18. The molecule has 0 saturated carbocycles. The predicted octanol–water partition coefficient (Wildman–Crippen LogP) is 0.877. The van der Waals surface area contributed by atoms with Crippen LogP contribution in [0.25, 0.3) is 0 Å². The Morgan fingerprint density at radius 2 is 1.86 bits per heavy atom. The molecule has 0 spiro atoms. The van der Waals surface area contributed by atoms with E-state index in [9.17, 15) is 19.8 Å².